The van der Waals surface area contributed by atoms with E-state index >= 15 is 0 Å². The fraction of sp³-hybridized carbons (Fsp3) is 0.478. The van der Waals surface area contributed by atoms with Crippen molar-refractivity contribution in [2.24, 2.45) is 0 Å². The van der Waals surface area contributed by atoms with Gasteiger partial charge in [-0.25, -0.2) is 4.79 Å². The molecule has 0 saturated heterocycles. The summed E-state index contributed by atoms with van der Waals surface area (Å²) in [5.41, 5.74) is 4.88. The first-order valence-corrected chi connectivity index (χ1v) is 11.1. The van der Waals surface area contributed by atoms with E-state index in [4.69, 9.17) is 4.74 Å². The molecule has 6 heteroatoms. The van der Waals surface area contributed by atoms with Gasteiger partial charge in [-0.2, -0.15) is 0 Å². The molecule has 0 saturated carbocycles. The van der Waals surface area contributed by atoms with Gasteiger partial charge in [-0.15, -0.1) is 11.3 Å². The lowest BCUT2D eigenvalue weighted by Gasteiger charge is -2.26. The van der Waals surface area contributed by atoms with Crippen molar-refractivity contribution in [2.75, 3.05) is 25.0 Å². The molecule has 0 radical (unpaired) electrons. The monoisotopic (exact) mass is 414 g/mol. The van der Waals surface area contributed by atoms with Crippen molar-refractivity contribution < 1.29 is 14.3 Å². The lowest BCUT2D eigenvalue weighted by atomic mass is 10.0. The maximum absolute atomic E-state index is 12.8. The first-order valence-electron chi connectivity index (χ1n) is 10.3. The minimum atomic E-state index is -0.337. The third-order valence-corrected chi connectivity index (χ3v) is 6.39. The Labute approximate surface area is 177 Å². The molecule has 1 amide bonds. The Morgan fingerprint density at radius 1 is 1.24 bits per heavy atom. The Balaban J connectivity index is 1.83. The highest BCUT2D eigenvalue weighted by Crippen LogP contribution is 2.37. The van der Waals surface area contributed by atoms with Gasteiger partial charge in [0.25, 0.3) is 0 Å². The Hall–Kier alpha value is -2.18. The smallest absolute Gasteiger partial charge is 0.341 e. The minimum Gasteiger partial charge on any atom is -0.462 e. The first kappa shape index (κ1) is 21.5. The number of nitrogens with zero attached hydrogens (tertiary/aromatic N) is 1. The zero-order chi connectivity index (χ0) is 21.0. The molecule has 0 atom stereocenters. The summed E-state index contributed by atoms with van der Waals surface area (Å²) in [4.78, 5) is 29.0. The number of anilines is 1. The van der Waals surface area contributed by atoms with Gasteiger partial charge in [0, 0.05) is 18.0 Å². The molecule has 1 aromatic carbocycles. The maximum Gasteiger partial charge on any atom is 0.341 e. The van der Waals surface area contributed by atoms with Crippen LogP contribution in [0.1, 0.15) is 57.8 Å². The van der Waals surface area contributed by atoms with Gasteiger partial charge in [0.05, 0.1) is 18.6 Å². The summed E-state index contributed by atoms with van der Waals surface area (Å²) in [5.74, 6) is -0.442. The molecule has 1 aromatic heterocycles. The van der Waals surface area contributed by atoms with Gasteiger partial charge < -0.3 is 10.1 Å². The third kappa shape index (κ3) is 5.06. The first-order chi connectivity index (χ1) is 13.9. The topological polar surface area (TPSA) is 58.6 Å². The summed E-state index contributed by atoms with van der Waals surface area (Å²) in [7, 11) is 0. The van der Waals surface area contributed by atoms with E-state index < -0.39 is 0 Å². The predicted molar refractivity (Wildman–Crippen MR) is 118 cm³/mol. The number of hydrogen-bond donors (Lipinski definition) is 1. The van der Waals surface area contributed by atoms with E-state index in [9.17, 15) is 9.59 Å². The van der Waals surface area contributed by atoms with Crippen LogP contribution in [0, 0.1) is 13.8 Å². The number of benzene rings is 1. The highest BCUT2D eigenvalue weighted by atomic mass is 32.1. The zero-order valence-electron chi connectivity index (χ0n) is 17.8. The standard InChI is InChI=1S/C23H30N2O3S/c1-5-10-25-11-9-18-19(14-25)29-22(21(18)23(27)28-6-2)24-20(26)13-17-8-7-15(3)12-16(17)4/h7-8,12H,5-6,9-11,13-14H2,1-4H3,(H,24,26). The summed E-state index contributed by atoms with van der Waals surface area (Å²) in [5, 5.41) is 3.63. The van der Waals surface area contributed by atoms with E-state index in [-0.39, 0.29) is 11.9 Å². The van der Waals surface area contributed by atoms with Crippen LogP contribution in [0.4, 0.5) is 5.00 Å². The van der Waals surface area contributed by atoms with Crippen LogP contribution in [-0.4, -0.2) is 36.5 Å². The van der Waals surface area contributed by atoms with Crippen molar-refractivity contribution in [1.29, 1.82) is 0 Å². The van der Waals surface area contributed by atoms with Gasteiger partial charge in [-0.1, -0.05) is 30.7 Å². The Kier molecular flexibility index (Phi) is 7.09. The number of rotatable bonds is 7. The number of hydrogen-bond acceptors (Lipinski definition) is 5. The van der Waals surface area contributed by atoms with Gasteiger partial charge in [0.1, 0.15) is 5.00 Å². The van der Waals surface area contributed by atoms with Crippen LogP contribution in [-0.2, 0) is 28.9 Å². The number of carbonyl (C=O) groups is 2. The average Bonchev–Trinajstić information content (AvgIpc) is 3.01. The van der Waals surface area contributed by atoms with Crippen molar-refractivity contribution in [2.45, 2.75) is 53.5 Å². The maximum atomic E-state index is 12.8. The van der Waals surface area contributed by atoms with Crippen molar-refractivity contribution in [3.05, 3.63) is 50.9 Å². The third-order valence-electron chi connectivity index (χ3n) is 5.26. The molecular formula is C23H30N2O3S. The number of aryl methyl sites for hydroxylation is 2. The molecule has 5 nitrogen and oxygen atoms in total. The van der Waals surface area contributed by atoms with Crippen LogP contribution in [0.5, 0.6) is 0 Å². The molecule has 1 N–H and O–H groups in total. The van der Waals surface area contributed by atoms with Crippen LogP contribution in [0.2, 0.25) is 0 Å². The largest absolute Gasteiger partial charge is 0.462 e. The van der Waals surface area contributed by atoms with Gasteiger partial charge >= 0.3 is 5.97 Å². The van der Waals surface area contributed by atoms with Crippen molar-refractivity contribution in [3.8, 4) is 0 Å². The van der Waals surface area contributed by atoms with E-state index in [1.165, 1.54) is 16.9 Å². The SMILES string of the molecule is CCCN1CCc2c(sc(NC(=O)Cc3ccc(C)cc3C)c2C(=O)OCC)C1. The summed E-state index contributed by atoms with van der Waals surface area (Å²) in [6.45, 7) is 11.2. The highest BCUT2D eigenvalue weighted by Gasteiger charge is 2.29. The molecule has 2 heterocycles. The lowest BCUT2D eigenvalue weighted by molar-refractivity contribution is -0.115. The summed E-state index contributed by atoms with van der Waals surface area (Å²) >= 11 is 1.52. The van der Waals surface area contributed by atoms with Gasteiger partial charge in [-0.3, -0.25) is 9.69 Å². The van der Waals surface area contributed by atoms with E-state index in [0.29, 0.717) is 23.6 Å². The molecule has 0 bridgehead atoms. The molecule has 0 aliphatic carbocycles. The molecule has 0 unspecified atom stereocenters. The zero-order valence-corrected chi connectivity index (χ0v) is 18.6. The Morgan fingerprint density at radius 3 is 2.72 bits per heavy atom. The molecule has 0 fully saturated rings. The molecule has 2 aromatic rings. The van der Waals surface area contributed by atoms with Crippen molar-refractivity contribution in [1.82, 2.24) is 4.90 Å². The quantitative estimate of drug-likeness (QED) is 0.678. The second-order valence-electron chi connectivity index (χ2n) is 7.61. The molecule has 156 valence electrons. The summed E-state index contributed by atoms with van der Waals surface area (Å²) in [6.07, 6.45) is 2.21. The Bertz CT molecular complexity index is 904. The van der Waals surface area contributed by atoms with Gasteiger partial charge in [-0.05, 0) is 56.8 Å². The number of nitrogens with one attached hydrogen (secondary N) is 1. The predicted octanol–water partition coefficient (Wildman–Crippen LogP) is 4.49. The number of carbonyl (C=O) groups excluding carboxylic acids is 2. The number of ether oxygens (including phenoxy) is 1. The molecule has 1 aliphatic rings. The van der Waals surface area contributed by atoms with Crippen LogP contribution in [0.25, 0.3) is 0 Å². The van der Waals surface area contributed by atoms with Crippen LogP contribution in [0.15, 0.2) is 18.2 Å². The van der Waals surface area contributed by atoms with Gasteiger partial charge in [0.15, 0.2) is 0 Å². The molecule has 29 heavy (non-hydrogen) atoms. The normalized spacial score (nSPS) is 13.8. The fourth-order valence-electron chi connectivity index (χ4n) is 3.86. The van der Waals surface area contributed by atoms with Crippen molar-refractivity contribution in [3.63, 3.8) is 0 Å². The molecular weight excluding hydrogens is 384 g/mol. The second-order valence-corrected chi connectivity index (χ2v) is 8.71. The Morgan fingerprint density at radius 2 is 2.03 bits per heavy atom. The molecule has 3 rings (SSSR count). The molecule has 1 aliphatic heterocycles. The number of fused-ring (bicyclic) bond motifs is 1. The van der Waals surface area contributed by atoms with E-state index in [1.807, 2.05) is 26.0 Å². The lowest BCUT2D eigenvalue weighted by Crippen LogP contribution is -2.30. The average molecular weight is 415 g/mol. The highest BCUT2D eigenvalue weighted by molar-refractivity contribution is 7.17. The van der Waals surface area contributed by atoms with Crippen LogP contribution in [0.3, 0.4) is 0 Å². The van der Waals surface area contributed by atoms with E-state index in [2.05, 4.69) is 23.2 Å². The number of thiophene rings is 1. The minimum absolute atomic E-state index is 0.105. The van der Waals surface area contributed by atoms with Crippen LogP contribution >= 0.6 is 11.3 Å². The second kappa shape index (κ2) is 9.55. The fourth-order valence-corrected chi connectivity index (χ4v) is 5.15. The van der Waals surface area contributed by atoms with E-state index in [1.54, 1.807) is 6.92 Å². The number of amides is 1. The van der Waals surface area contributed by atoms with Crippen molar-refractivity contribution >= 4 is 28.2 Å². The summed E-state index contributed by atoms with van der Waals surface area (Å²) < 4.78 is 5.30. The number of esters is 1. The summed E-state index contributed by atoms with van der Waals surface area (Å²) in [6, 6.07) is 6.10. The van der Waals surface area contributed by atoms with Crippen LogP contribution < -0.4 is 5.32 Å². The van der Waals surface area contributed by atoms with Gasteiger partial charge in [0.2, 0.25) is 5.91 Å². The molecule has 0 spiro atoms. The van der Waals surface area contributed by atoms with E-state index in [0.717, 1.165) is 54.0 Å².